The van der Waals surface area contributed by atoms with E-state index in [9.17, 15) is 13.2 Å². The van der Waals surface area contributed by atoms with Crippen LogP contribution in [0.25, 0.3) is 0 Å². The Morgan fingerprint density at radius 1 is 1.19 bits per heavy atom. The van der Waals surface area contributed by atoms with Crippen LogP contribution < -0.4 is 5.32 Å². The number of hydrogen-bond acceptors (Lipinski definition) is 3. The Bertz CT molecular complexity index is 353. The maximum Gasteiger partial charge on any atom is 0.451 e. The number of hydrogen-bond donors (Lipinski definition) is 1. The van der Waals surface area contributed by atoms with Gasteiger partial charge in [0.05, 0.1) is 0 Å². The van der Waals surface area contributed by atoms with Crippen molar-refractivity contribution in [1.82, 2.24) is 9.97 Å². The van der Waals surface area contributed by atoms with Crippen LogP contribution >= 0.6 is 11.6 Å². The van der Waals surface area contributed by atoms with Crippen molar-refractivity contribution in [3.05, 3.63) is 16.5 Å². The fraction of sp³-hybridized carbons (Fsp3) is 0.556. The molecule has 1 rings (SSSR count). The molecule has 0 aliphatic heterocycles. The van der Waals surface area contributed by atoms with Gasteiger partial charge in [0.15, 0.2) is 0 Å². The fourth-order valence-corrected chi connectivity index (χ4v) is 1.03. The van der Waals surface area contributed by atoms with Gasteiger partial charge in [0.25, 0.3) is 0 Å². The summed E-state index contributed by atoms with van der Waals surface area (Å²) in [4.78, 5) is 6.43. The van der Waals surface area contributed by atoms with E-state index in [1.165, 1.54) is 14.0 Å². The summed E-state index contributed by atoms with van der Waals surface area (Å²) in [6.07, 6.45) is -4.58. The molecule has 0 unspecified atom stereocenters. The lowest BCUT2D eigenvalue weighted by Gasteiger charge is -2.10. The van der Waals surface area contributed by atoms with Crippen molar-refractivity contribution in [2.75, 3.05) is 12.4 Å². The molecule has 1 aromatic rings. The zero-order valence-electron chi connectivity index (χ0n) is 9.41. The predicted octanol–water partition coefficient (Wildman–Crippen LogP) is 3.53. The van der Waals surface area contributed by atoms with Gasteiger partial charge in [-0.2, -0.15) is 13.2 Å². The third kappa shape index (κ3) is 3.52. The number of nitrogens with zero attached hydrogens (tertiary/aromatic N) is 2. The Morgan fingerprint density at radius 2 is 1.69 bits per heavy atom. The average Bonchev–Trinajstić information content (AvgIpc) is 2.23. The minimum atomic E-state index is -4.58. The van der Waals surface area contributed by atoms with Crippen molar-refractivity contribution in [3.63, 3.8) is 0 Å². The largest absolute Gasteiger partial charge is 0.451 e. The van der Waals surface area contributed by atoms with Crippen LogP contribution in [-0.2, 0) is 6.18 Å². The number of aromatic nitrogens is 2. The van der Waals surface area contributed by atoms with E-state index < -0.39 is 12.0 Å². The Hall–Kier alpha value is -1.04. The number of halogens is 4. The Balaban J connectivity index is 0.00000106. The van der Waals surface area contributed by atoms with E-state index in [2.05, 4.69) is 15.3 Å². The smallest absolute Gasteiger partial charge is 0.373 e. The number of nitrogens with one attached hydrogen (secondary N) is 1. The van der Waals surface area contributed by atoms with Gasteiger partial charge in [0.2, 0.25) is 5.82 Å². The lowest BCUT2D eigenvalue weighted by atomic mass is 10.3. The molecule has 0 amide bonds. The third-order valence-corrected chi connectivity index (χ3v) is 1.94. The highest BCUT2D eigenvalue weighted by Gasteiger charge is 2.35. The lowest BCUT2D eigenvalue weighted by Crippen LogP contribution is -2.13. The first-order valence-electron chi connectivity index (χ1n) is 4.65. The first-order chi connectivity index (χ1) is 7.36. The van der Waals surface area contributed by atoms with Gasteiger partial charge in [0, 0.05) is 12.6 Å². The number of anilines is 1. The molecule has 0 fully saturated rings. The van der Waals surface area contributed by atoms with E-state index in [0.717, 1.165) is 0 Å². The van der Waals surface area contributed by atoms with Crippen LogP contribution in [0.1, 0.15) is 25.2 Å². The molecule has 92 valence electrons. The highest BCUT2D eigenvalue weighted by molar-refractivity contribution is 6.30. The minimum Gasteiger partial charge on any atom is -0.373 e. The van der Waals surface area contributed by atoms with Gasteiger partial charge in [-0.15, -0.1) is 0 Å². The van der Waals surface area contributed by atoms with E-state index >= 15 is 0 Å². The van der Waals surface area contributed by atoms with Gasteiger partial charge in [-0.05, 0) is 6.92 Å². The summed E-state index contributed by atoms with van der Waals surface area (Å²) in [5.74, 6) is -1.16. The van der Waals surface area contributed by atoms with Crippen LogP contribution in [-0.4, -0.2) is 17.0 Å². The molecule has 1 N–H and O–H groups in total. The van der Waals surface area contributed by atoms with Crippen LogP contribution in [0.3, 0.4) is 0 Å². The molecule has 0 saturated carbocycles. The molecule has 0 bridgehead atoms. The summed E-state index contributed by atoms with van der Waals surface area (Å²) in [6, 6.07) is 0. The zero-order chi connectivity index (χ0) is 12.9. The van der Waals surface area contributed by atoms with E-state index in [0.29, 0.717) is 5.56 Å². The molecule has 0 aromatic carbocycles. The van der Waals surface area contributed by atoms with Crippen molar-refractivity contribution in [2.24, 2.45) is 0 Å². The van der Waals surface area contributed by atoms with E-state index in [4.69, 9.17) is 11.6 Å². The Labute approximate surface area is 97.1 Å². The summed E-state index contributed by atoms with van der Waals surface area (Å²) in [7, 11) is 1.46. The predicted molar refractivity (Wildman–Crippen MR) is 57.7 cm³/mol. The van der Waals surface area contributed by atoms with Gasteiger partial charge >= 0.3 is 6.18 Å². The van der Waals surface area contributed by atoms with Crippen molar-refractivity contribution in [3.8, 4) is 0 Å². The quantitative estimate of drug-likeness (QED) is 0.780. The zero-order valence-corrected chi connectivity index (χ0v) is 10.2. The maximum atomic E-state index is 12.2. The van der Waals surface area contributed by atoms with E-state index in [1.54, 1.807) is 0 Å². The topological polar surface area (TPSA) is 37.8 Å². The molecule has 1 aromatic heterocycles. The van der Waals surface area contributed by atoms with E-state index in [-0.39, 0.29) is 11.0 Å². The molecule has 16 heavy (non-hydrogen) atoms. The second kappa shape index (κ2) is 5.89. The molecule has 0 aliphatic rings. The van der Waals surface area contributed by atoms with Crippen LogP contribution in [0.4, 0.5) is 19.0 Å². The highest BCUT2D eigenvalue weighted by Crippen LogP contribution is 2.29. The second-order valence-electron chi connectivity index (χ2n) is 2.56. The fourth-order valence-electron chi connectivity index (χ4n) is 0.859. The standard InChI is InChI=1S/C7H7ClF3N3.C2H6/c1-3-4(8)13-6(7(9,10)11)14-5(3)12-2;1-2/h1-2H3,(H,12,13,14);1-2H3. The van der Waals surface area contributed by atoms with Crippen molar-refractivity contribution >= 4 is 17.4 Å². The van der Waals surface area contributed by atoms with Crippen molar-refractivity contribution in [2.45, 2.75) is 26.9 Å². The van der Waals surface area contributed by atoms with Crippen LogP contribution in [0.15, 0.2) is 0 Å². The first kappa shape index (κ1) is 15.0. The molecule has 0 saturated heterocycles. The molecule has 3 nitrogen and oxygen atoms in total. The second-order valence-corrected chi connectivity index (χ2v) is 2.92. The number of rotatable bonds is 1. The molecule has 7 heteroatoms. The van der Waals surface area contributed by atoms with E-state index in [1.807, 2.05) is 13.8 Å². The molecule has 0 spiro atoms. The molecule has 1 heterocycles. The normalized spacial score (nSPS) is 10.5. The Kier molecular flexibility index (Phi) is 5.50. The number of alkyl halides is 3. The molecule has 0 atom stereocenters. The van der Waals surface area contributed by atoms with Gasteiger partial charge in [-0.3, -0.25) is 0 Å². The van der Waals surface area contributed by atoms with Crippen molar-refractivity contribution in [1.29, 1.82) is 0 Å². The van der Waals surface area contributed by atoms with Crippen molar-refractivity contribution < 1.29 is 13.2 Å². The average molecular weight is 256 g/mol. The van der Waals surface area contributed by atoms with Crippen LogP contribution in [0, 0.1) is 6.92 Å². The maximum absolute atomic E-state index is 12.2. The van der Waals surface area contributed by atoms with Crippen LogP contribution in [0.2, 0.25) is 5.15 Å². The molecular formula is C9H13ClF3N3. The van der Waals surface area contributed by atoms with Gasteiger partial charge in [-0.25, -0.2) is 9.97 Å². The summed E-state index contributed by atoms with van der Waals surface area (Å²) >= 11 is 5.51. The molecular weight excluding hydrogens is 243 g/mol. The third-order valence-electron chi connectivity index (χ3n) is 1.58. The summed E-state index contributed by atoms with van der Waals surface area (Å²) in [6.45, 7) is 5.54. The SMILES string of the molecule is CC.CNc1nc(C(F)(F)F)nc(Cl)c1C. The molecule has 0 radical (unpaired) electrons. The van der Waals surface area contributed by atoms with Gasteiger partial charge in [0.1, 0.15) is 11.0 Å². The van der Waals surface area contributed by atoms with Gasteiger partial charge in [-0.1, -0.05) is 25.4 Å². The summed E-state index contributed by atoms with van der Waals surface area (Å²) in [5.41, 5.74) is 0.391. The van der Waals surface area contributed by atoms with Gasteiger partial charge < -0.3 is 5.32 Å². The molecule has 0 aliphatic carbocycles. The highest BCUT2D eigenvalue weighted by atomic mass is 35.5. The van der Waals surface area contributed by atoms with Crippen LogP contribution in [0.5, 0.6) is 0 Å². The Morgan fingerprint density at radius 3 is 2.06 bits per heavy atom. The lowest BCUT2D eigenvalue weighted by molar-refractivity contribution is -0.144. The minimum absolute atomic E-state index is 0.0809. The monoisotopic (exact) mass is 255 g/mol. The summed E-state index contributed by atoms with van der Waals surface area (Å²) < 4.78 is 36.6. The summed E-state index contributed by atoms with van der Waals surface area (Å²) in [5, 5.41) is 2.32. The first-order valence-corrected chi connectivity index (χ1v) is 5.03.